The summed E-state index contributed by atoms with van der Waals surface area (Å²) in [6.45, 7) is 0. The molecule has 0 spiro atoms. The standard InChI is InChI=1S/C7H5IN2O/c8-5-3-9-7-4(5)1-2-6(11)10-7/h1-3H,(H2,9,10,11). The number of fused-ring (bicyclic) bond motifs is 1. The molecule has 11 heavy (non-hydrogen) atoms. The fourth-order valence-corrected chi connectivity index (χ4v) is 1.61. The first kappa shape index (κ1) is 6.90. The Morgan fingerprint density at radius 3 is 3.00 bits per heavy atom. The van der Waals surface area contributed by atoms with E-state index >= 15 is 0 Å². The second-order valence-electron chi connectivity index (χ2n) is 2.25. The van der Waals surface area contributed by atoms with Gasteiger partial charge in [0, 0.05) is 21.2 Å². The van der Waals surface area contributed by atoms with Gasteiger partial charge in [-0.05, 0) is 28.7 Å². The van der Waals surface area contributed by atoms with E-state index in [0.29, 0.717) is 0 Å². The Bertz CT molecular complexity index is 443. The molecule has 2 aromatic rings. The Balaban J connectivity index is 2.96. The van der Waals surface area contributed by atoms with Crippen molar-refractivity contribution in [1.82, 2.24) is 9.97 Å². The maximum Gasteiger partial charge on any atom is 0.249 e. The van der Waals surface area contributed by atoms with E-state index in [4.69, 9.17) is 0 Å². The molecule has 2 heterocycles. The Hall–Kier alpha value is -0.780. The van der Waals surface area contributed by atoms with Crippen LogP contribution >= 0.6 is 22.6 Å². The molecule has 0 aliphatic carbocycles. The Morgan fingerprint density at radius 2 is 2.18 bits per heavy atom. The van der Waals surface area contributed by atoms with Crippen LogP contribution < -0.4 is 5.56 Å². The number of hydrogen-bond acceptors (Lipinski definition) is 1. The molecule has 0 saturated carbocycles. The number of nitrogens with one attached hydrogen (secondary N) is 2. The highest BCUT2D eigenvalue weighted by Gasteiger charge is 1.98. The van der Waals surface area contributed by atoms with Crippen LogP contribution in [0.5, 0.6) is 0 Å². The van der Waals surface area contributed by atoms with Gasteiger partial charge in [0.2, 0.25) is 5.56 Å². The van der Waals surface area contributed by atoms with Crippen molar-refractivity contribution in [3.05, 3.63) is 32.3 Å². The first-order valence-electron chi connectivity index (χ1n) is 3.13. The molecule has 0 aliphatic rings. The summed E-state index contributed by atoms with van der Waals surface area (Å²) in [5, 5.41) is 1.06. The summed E-state index contributed by atoms with van der Waals surface area (Å²) >= 11 is 2.21. The first-order valence-corrected chi connectivity index (χ1v) is 4.21. The summed E-state index contributed by atoms with van der Waals surface area (Å²) < 4.78 is 1.12. The quantitative estimate of drug-likeness (QED) is 0.692. The van der Waals surface area contributed by atoms with Crippen molar-refractivity contribution in [2.24, 2.45) is 0 Å². The number of rotatable bonds is 0. The molecule has 0 bridgehead atoms. The fraction of sp³-hybridized carbons (Fsp3) is 0. The normalized spacial score (nSPS) is 10.6. The summed E-state index contributed by atoms with van der Waals surface area (Å²) in [5.74, 6) is 0. The third-order valence-corrected chi connectivity index (χ3v) is 2.41. The van der Waals surface area contributed by atoms with Gasteiger partial charge >= 0.3 is 0 Å². The van der Waals surface area contributed by atoms with Crippen molar-refractivity contribution < 1.29 is 0 Å². The van der Waals surface area contributed by atoms with Gasteiger partial charge in [-0.25, -0.2) is 0 Å². The van der Waals surface area contributed by atoms with E-state index < -0.39 is 0 Å². The maximum absolute atomic E-state index is 10.8. The fourth-order valence-electron chi connectivity index (χ4n) is 1.00. The van der Waals surface area contributed by atoms with Gasteiger partial charge in [-0.1, -0.05) is 0 Å². The van der Waals surface area contributed by atoms with Crippen LogP contribution in [0.25, 0.3) is 11.0 Å². The average Bonchev–Trinajstić information content (AvgIpc) is 2.32. The minimum Gasteiger partial charge on any atom is -0.347 e. The number of H-pyrrole nitrogens is 2. The summed E-state index contributed by atoms with van der Waals surface area (Å²) in [7, 11) is 0. The van der Waals surface area contributed by atoms with Gasteiger partial charge in [-0.3, -0.25) is 4.79 Å². The zero-order valence-corrected chi connectivity index (χ0v) is 7.68. The lowest BCUT2D eigenvalue weighted by Gasteiger charge is -1.86. The number of halogens is 1. The number of pyridine rings is 1. The minimum atomic E-state index is -0.0734. The molecule has 0 unspecified atom stereocenters. The van der Waals surface area contributed by atoms with Crippen molar-refractivity contribution in [2.45, 2.75) is 0 Å². The number of aromatic nitrogens is 2. The van der Waals surface area contributed by atoms with E-state index in [9.17, 15) is 4.79 Å². The van der Waals surface area contributed by atoms with E-state index in [1.807, 2.05) is 12.3 Å². The van der Waals surface area contributed by atoms with Crippen molar-refractivity contribution >= 4 is 33.6 Å². The molecule has 56 valence electrons. The van der Waals surface area contributed by atoms with Crippen molar-refractivity contribution in [1.29, 1.82) is 0 Å². The Morgan fingerprint density at radius 1 is 1.36 bits per heavy atom. The average molecular weight is 260 g/mol. The van der Waals surface area contributed by atoms with Crippen molar-refractivity contribution in [3.8, 4) is 0 Å². The summed E-state index contributed by atoms with van der Waals surface area (Å²) in [6.07, 6.45) is 1.86. The van der Waals surface area contributed by atoms with Gasteiger partial charge in [0.1, 0.15) is 5.65 Å². The van der Waals surface area contributed by atoms with Crippen LogP contribution in [0.3, 0.4) is 0 Å². The van der Waals surface area contributed by atoms with Gasteiger partial charge in [-0.15, -0.1) is 0 Å². The zero-order valence-electron chi connectivity index (χ0n) is 5.52. The lowest BCUT2D eigenvalue weighted by molar-refractivity contribution is 1.26. The summed E-state index contributed by atoms with van der Waals surface area (Å²) in [6, 6.07) is 3.34. The SMILES string of the molecule is O=c1ccc2c(I)c[nH]c2[nH]1. The van der Waals surface area contributed by atoms with Crippen LogP contribution in [-0.4, -0.2) is 9.97 Å². The molecule has 2 rings (SSSR count). The summed E-state index contributed by atoms with van der Waals surface area (Å²) in [4.78, 5) is 16.5. The highest BCUT2D eigenvalue weighted by molar-refractivity contribution is 14.1. The van der Waals surface area contributed by atoms with Crippen LogP contribution in [0.2, 0.25) is 0 Å². The van der Waals surface area contributed by atoms with E-state index in [1.54, 1.807) is 0 Å². The molecule has 0 amide bonds. The van der Waals surface area contributed by atoms with Crippen LogP contribution in [-0.2, 0) is 0 Å². The van der Waals surface area contributed by atoms with Crippen LogP contribution in [0.15, 0.2) is 23.1 Å². The molecular formula is C7H5IN2O. The largest absolute Gasteiger partial charge is 0.347 e. The van der Waals surface area contributed by atoms with Gasteiger partial charge in [0.15, 0.2) is 0 Å². The van der Waals surface area contributed by atoms with E-state index in [1.165, 1.54) is 6.07 Å². The lowest BCUT2D eigenvalue weighted by atomic mass is 10.3. The molecule has 2 N–H and O–H groups in total. The summed E-state index contributed by atoms with van der Waals surface area (Å²) in [5.41, 5.74) is 0.720. The number of hydrogen-bond donors (Lipinski definition) is 2. The molecule has 0 saturated heterocycles. The van der Waals surface area contributed by atoms with Gasteiger partial charge in [0.05, 0.1) is 0 Å². The van der Waals surface area contributed by atoms with Crippen LogP contribution in [0.4, 0.5) is 0 Å². The zero-order chi connectivity index (χ0) is 7.84. The second-order valence-corrected chi connectivity index (χ2v) is 3.41. The molecule has 0 radical (unpaired) electrons. The molecule has 3 nitrogen and oxygen atoms in total. The first-order chi connectivity index (χ1) is 5.27. The Kier molecular flexibility index (Phi) is 1.49. The topological polar surface area (TPSA) is 48.6 Å². The van der Waals surface area contributed by atoms with Crippen LogP contribution in [0, 0.1) is 3.57 Å². The molecular weight excluding hydrogens is 255 g/mol. The minimum absolute atomic E-state index is 0.0734. The monoisotopic (exact) mass is 260 g/mol. The van der Waals surface area contributed by atoms with Gasteiger partial charge in [0.25, 0.3) is 0 Å². The third-order valence-electron chi connectivity index (χ3n) is 1.52. The molecule has 0 fully saturated rings. The molecule has 0 atom stereocenters. The lowest BCUT2D eigenvalue weighted by Crippen LogP contribution is -2.01. The van der Waals surface area contributed by atoms with E-state index in [2.05, 4.69) is 32.6 Å². The van der Waals surface area contributed by atoms with Crippen molar-refractivity contribution in [3.63, 3.8) is 0 Å². The molecule has 4 heteroatoms. The number of aromatic amines is 2. The van der Waals surface area contributed by atoms with Gasteiger partial charge in [-0.2, -0.15) is 0 Å². The van der Waals surface area contributed by atoms with E-state index in [-0.39, 0.29) is 5.56 Å². The van der Waals surface area contributed by atoms with Gasteiger partial charge < -0.3 is 9.97 Å². The molecule has 2 aromatic heterocycles. The predicted molar refractivity (Wildman–Crippen MR) is 51.6 cm³/mol. The smallest absolute Gasteiger partial charge is 0.249 e. The third kappa shape index (κ3) is 1.07. The highest BCUT2D eigenvalue weighted by Crippen LogP contribution is 2.15. The highest BCUT2D eigenvalue weighted by atomic mass is 127. The molecule has 0 aliphatic heterocycles. The van der Waals surface area contributed by atoms with Crippen molar-refractivity contribution in [2.75, 3.05) is 0 Å². The predicted octanol–water partition coefficient (Wildman–Crippen LogP) is 1.46. The Labute approximate surface area is 76.0 Å². The second kappa shape index (κ2) is 2.37. The maximum atomic E-state index is 10.8. The molecule has 0 aromatic carbocycles. The van der Waals surface area contributed by atoms with Crippen LogP contribution in [0.1, 0.15) is 0 Å². The van der Waals surface area contributed by atoms with E-state index in [0.717, 1.165) is 14.6 Å².